The number of rotatable bonds is 8. The Morgan fingerprint density at radius 2 is 1.29 bits per heavy atom. The van der Waals surface area contributed by atoms with Gasteiger partial charge >= 0.3 is 0 Å². The van der Waals surface area contributed by atoms with Gasteiger partial charge in [-0.3, -0.25) is 0 Å². The first kappa shape index (κ1) is 24.9. The first-order valence-electron chi connectivity index (χ1n) is 13.2. The van der Waals surface area contributed by atoms with E-state index in [0.717, 1.165) is 0 Å². The van der Waals surface area contributed by atoms with Crippen LogP contribution in [-0.4, -0.2) is 16.1 Å². The van der Waals surface area contributed by atoms with Gasteiger partial charge in [-0.15, -0.1) is 22.7 Å². The average Bonchev–Trinajstić information content (AvgIpc) is 3.46. The highest BCUT2D eigenvalue weighted by Crippen LogP contribution is 2.41. The third kappa shape index (κ3) is 3.97. The summed E-state index contributed by atoms with van der Waals surface area (Å²) in [6.07, 6.45) is 6.55. The maximum atomic E-state index is 2.56. The van der Waals surface area contributed by atoms with Gasteiger partial charge < -0.3 is 0 Å². The minimum Gasteiger partial charge on any atom is -0.144 e. The molecule has 0 spiro atoms. The predicted molar refractivity (Wildman–Crippen MR) is 165 cm³/mol. The first-order chi connectivity index (χ1) is 16.8. The van der Waals surface area contributed by atoms with E-state index in [1.165, 1.54) is 37.0 Å². The second kappa shape index (κ2) is 9.62. The van der Waals surface area contributed by atoms with Gasteiger partial charge in [-0.25, -0.2) is 0 Å². The molecule has 182 valence electrons. The van der Waals surface area contributed by atoms with Crippen LogP contribution in [0.15, 0.2) is 60.7 Å². The highest BCUT2D eigenvalue weighted by atomic mass is 32.1. The third-order valence-corrected chi connectivity index (χ3v) is 19.4. The van der Waals surface area contributed by atoms with Crippen LogP contribution >= 0.6 is 22.7 Å². The van der Waals surface area contributed by atoms with Gasteiger partial charge in [-0.2, -0.15) is 0 Å². The van der Waals surface area contributed by atoms with Gasteiger partial charge in [0.15, 0.2) is 8.07 Å². The molecule has 0 fully saturated rings. The Morgan fingerprint density at radius 3 is 1.83 bits per heavy atom. The molecule has 1 aliphatic rings. The van der Waals surface area contributed by atoms with Crippen molar-refractivity contribution in [2.45, 2.75) is 72.5 Å². The summed E-state index contributed by atoms with van der Waals surface area (Å²) in [5.41, 5.74) is 3.29. The average molecular weight is 531 g/mol. The summed E-state index contributed by atoms with van der Waals surface area (Å²) in [6.45, 7) is 14.7. The molecule has 2 aromatic carbocycles. The molecular formula is C31H38S2Si2. The molecule has 5 rings (SSSR count). The first-order valence-corrected chi connectivity index (χ1v) is 20.3. The Morgan fingerprint density at radius 1 is 0.714 bits per heavy atom. The van der Waals surface area contributed by atoms with Crippen LogP contribution in [0.5, 0.6) is 0 Å². The van der Waals surface area contributed by atoms with Crippen molar-refractivity contribution in [1.29, 1.82) is 0 Å². The highest BCUT2D eigenvalue weighted by molar-refractivity contribution is 7.38. The van der Waals surface area contributed by atoms with E-state index in [1.807, 2.05) is 0 Å². The fourth-order valence-electron chi connectivity index (χ4n) is 6.08. The summed E-state index contributed by atoms with van der Waals surface area (Å²) in [6, 6.07) is 23.2. The van der Waals surface area contributed by atoms with E-state index in [4.69, 9.17) is 0 Å². The minimum atomic E-state index is -2.38. The number of benzene rings is 2. The summed E-state index contributed by atoms with van der Waals surface area (Å²) in [7, 11) is -3.86. The molecule has 0 amide bonds. The van der Waals surface area contributed by atoms with E-state index < -0.39 is 16.1 Å². The largest absolute Gasteiger partial charge is 0.183 e. The Kier molecular flexibility index (Phi) is 6.86. The van der Waals surface area contributed by atoms with E-state index in [-0.39, 0.29) is 0 Å². The molecule has 4 aromatic rings. The molecule has 0 atom stereocenters. The lowest BCUT2D eigenvalue weighted by atomic mass is 10.1. The predicted octanol–water partition coefficient (Wildman–Crippen LogP) is 6.45. The van der Waals surface area contributed by atoms with Crippen LogP contribution in [0.3, 0.4) is 0 Å². The van der Waals surface area contributed by atoms with Crippen molar-refractivity contribution in [3.63, 3.8) is 0 Å². The van der Waals surface area contributed by atoms with E-state index in [0.29, 0.717) is 0 Å². The van der Waals surface area contributed by atoms with Gasteiger partial charge in [0.2, 0.25) is 0 Å². The van der Waals surface area contributed by atoms with E-state index in [9.17, 15) is 0 Å². The SMILES string of the molecule is CCCCCCc1c([Si](C)(C)C)sc2c1[Si](c1ccccc1)(c1ccccc1)c1c-2sc(C)c1C. The van der Waals surface area contributed by atoms with Gasteiger partial charge in [-0.05, 0) is 63.1 Å². The number of thiophene rings is 2. The molecule has 0 radical (unpaired) electrons. The molecule has 0 nitrogen and oxygen atoms in total. The quantitative estimate of drug-likeness (QED) is 0.160. The normalized spacial score (nSPS) is 14.2. The van der Waals surface area contributed by atoms with Crippen LogP contribution in [0.25, 0.3) is 9.75 Å². The van der Waals surface area contributed by atoms with Crippen LogP contribution in [0.2, 0.25) is 19.6 Å². The number of hydrogen-bond donors (Lipinski definition) is 0. The van der Waals surface area contributed by atoms with E-state index in [2.05, 4.69) is 124 Å². The number of aryl methyl sites for hydroxylation is 1. The van der Waals surface area contributed by atoms with E-state index in [1.54, 1.807) is 46.1 Å². The fourth-order valence-corrected chi connectivity index (χ4v) is 18.2. The van der Waals surface area contributed by atoms with Crippen molar-refractivity contribution in [2.75, 3.05) is 0 Å². The molecule has 0 aliphatic carbocycles. The zero-order valence-corrected chi connectivity index (χ0v) is 25.8. The van der Waals surface area contributed by atoms with Crippen LogP contribution in [0, 0.1) is 13.8 Å². The van der Waals surface area contributed by atoms with Crippen molar-refractivity contribution in [2.24, 2.45) is 0 Å². The molecular weight excluding hydrogens is 493 g/mol. The second-order valence-corrected chi connectivity index (χ2v) is 22.4. The maximum absolute atomic E-state index is 2.56. The van der Waals surface area contributed by atoms with E-state index >= 15 is 0 Å². The van der Waals surface area contributed by atoms with Crippen LogP contribution < -0.4 is 25.2 Å². The number of unbranched alkanes of at least 4 members (excludes halogenated alkanes) is 3. The van der Waals surface area contributed by atoms with Crippen molar-refractivity contribution < 1.29 is 0 Å². The smallest absolute Gasteiger partial charge is 0.144 e. The van der Waals surface area contributed by atoms with Crippen molar-refractivity contribution in [1.82, 2.24) is 0 Å². The maximum Gasteiger partial charge on any atom is 0.183 e. The summed E-state index contributed by atoms with van der Waals surface area (Å²) >= 11 is 4.25. The zero-order valence-electron chi connectivity index (χ0n) is 22.1. The Balaban J connectivity index is 1.90. The molecule has 0 N–H and O–H groups in total. The van der Waals surface area contributed by atoms with Crippen LogP contribution in [0.1, 0.15) is 48.6 Å². The topological polar surface area (TPSA) is 0 Å². The monoisotopic (exact) mass is 530 g/mol. The summed E-state index contributed by atoms with van der Waals surface area (Å²) in [5, 5.41) is 6.57. The Hall–Kier alpha value is -1.73. The highest BCUT2D eigenvalue weighted by Gasteiger charge is 2.54. The number of fused-ring (bicyclic) bond motifs is 3. The molecule has 1 aliphatic heterocycles. The van der Waals surface area contributed by atoms with Gasteiger partial charge in [0.05, 0.1) is 8.07 Å². The molecule has 0 bridgehead atoms. The minimum absolute atomic E-state index is 1.24. The molecule has 35 heavy (non-hydrogen) atoms. The number of hydrogen-bond acceptors (Lipinski definition) is 2. The van der Waals surface area contributed by atoms with Crippen molar-refractivity contribution in [3.8, 4) is 9.75 Å². The summed E-state index contributed by atoms with van der Waals surface area (Å²) in [4.78, 5) is 4.72. The molecule has 2 aromatic heterocycles. The molecule has 0 saturated heterocycles. The third-order valence-electron chi connectivity index (χ3n) is 7.72. The van der Waals surface area contributed by atoms with Gasteiger partial charge in [0.25, 0.3) is 0 Å². The molecule has 4 heteroatoms. The van der Waals surface area contributed by atoms with Crippen LogP contribution in [0.4, 0.5) is 0 Å². The molecule has 0 unspecified atom stereocenters. The molecule has 3 heterocycles. The summed E-state index contributed by atoms with van der Waals surface area (Å²) < 4.78 is 1.76. The van der Waals surface area contributed by atoms with Crippen molar-refractivity contribution in [3.05, 3.63) is 76.7 Å². The lowest BCUT2D eigenvalue weighted by molar-refractivity contribution is 0.669. The fraction of sp³-hybridized carbons (Fsp3) is 0.355. The molecule has 0 saturated carbocycles. The van der Waals surface area contributed by atoms with Gasteiger partial charge in [0.1, 0.15) is 0 Å². The van der Waals surface area contributed by atoms with Crippen LogP contribution in [-0.2, 0) is 6.42 Å². The lowest BCUT2D eigenvalue weighted by Gasteiger charge is -2.33. The lowest BCUT2D eigenvalue weighted by Crippen LogP contribution is -2.74. The van der Waals surface area contributed by atoms with Gasteiger partial charge in [0, 0.05) is 14.6 Å². The standard InChI is InChI=1S/C31H38S2Si2/c1-7-8-9-16-21-26-30-28(33-31(26)34(4,5)6)27-29(22(2)23(3)32-27)35(30,24-17-12-10-13-18-24)25-19-14-11-15-20-25/h10-15,17-20H,7-9,16,21H2,1-6H3. The Bertz CT molecular complexity index is 1280. The van der Waals surface area contributed by atoms with Gasteiger partial charge in [-0.1, -0.05) is 106 Å². The Labute approximate surface area is 222 Å². The van der Waals surface area contributed by atoms with Crippen molar-refractivity contribution >= 4 is 64.1 Å². The second-order valence-electron chi connectivity index (χ2n) is 11.1. The zero-order chi connectivity index (χ0) is 24.8. The summed E-state index contributed by atoms with van der Waals surface area (Å²) in [5.74, 6) is 0.